The summed E-state index contributed by atoms with van der Waals surface area (Å²) in [7, 11) is 0. The van der Waals surface area contributed by atoms with Crippen molar-refractivity contribution in [1.82, 2.24) is 20.0 Å². The number of carbonyl (C=O) groups excluding carboxylic acids is 1. The van der Waals surface area contributed by atoms with Gasteiger partial charge in [-0.2, -0.15) is 0 Å². The predicted octanol–water partition coefficient (Wildman–Crippen LogP) is 2.48. The van der Waals surface area contributed by atoms with Gasteiger partial charge in [-0.15, -0.1) is 0 Å². The zero-order valence-electron chi connectivity index (χ0n) is 15.0. The van der Waals surface area contributed by atoms with Gasteiger partial charge in [0.1, 0.15) is 17.3 Å². The van der Waals surface area contributed by atoms with E-state index in [9.17, 15) is 4.79 Å². The summed E-state index contributed by atoms with van der Waals surface area (Å²) < 4.78 is 5.04. The van der Waals surface area contributed by atoms with Gasteiger partial charge in [0.25, 0.3) is 5.91 Å². The maximum atomic E-state index is 12.8. The van der Waals surface area contributed by atoms with Crippen LogP contribution in [0.25, 0.3) is 0 Å². The Bertz CT molecular complexity index is 919. The molecule has 0 radical (unpaired) electrons. The molecule has 1 aliphatic rings. The van der Waals surface area contributed by atoms with Crippen molar-refractivity contribution in [2.45, 2.75) is 6.92 Å². The molecule has 0 unspecified atom stereocenters. The number of nitrogens with one attached hydrogen (secondary N) is 1. The van der Waals surface area contributed by atoms with Crippen LogP contribution in [0.3, 0.4) is 0 Å². The maximum Gasteiger partial charge on any atom is 0.272 e. The Balaban J connectivity index is 1.40. The molecular formula is C19H20N6O2. The van der Waals surface area contributed by atoms with Gasteiger partial charge >= 0.3 is 0 Å². The van der Waals surface area contributed by atoms with E-state index in [1.165, 1.54) is 0 Å². The lowest BCUT2D eigenvalue weighted by Gasteiger charge is -2.35. The fourth-order valence-corrected chi connectivity index (χ4v) is 3.04. The Labute approximate surface area is 156 Å². The second-order valence-electron chi connectivity index (χ2n) is 6.34. The summed E-state index contributed by atoms with van der Waals surface area (Å²) in [4.78, 5) is 25.4. The number of aromatic nitrogens is 3. The van der Waals surface area contributed by atoms with Gasteiger partial charge in [-0.05, 0) is 31.2 Å². The molecule has 8 nitrogen and oxygen atoms in total. The third-order valence-corrected chi connectivity index (χ3v) is 4.42. The van der Waals surface area contributed by atoms with Crippen LogP contribution in [0, 0.1) is 6.92 Å². The zero-order valence-corrected chi connectivity index (χ0v) is 15.0. The van der Waals surface area contributed by atoms with Crippen molar-refractivity contribution in [3.05, 3.63) is 60.2 Å². The van der Waals surface area contributed by atoms with Crippen LogP contribution in [-0.4, -0.2) is 52.1 Å². The van der Waals surface area contributed by atoms with Crippen molar-refractivity contribution in [2.24, 2.45) is 0 Å². The van der Waals surface area contributed by atoms with E-state index in [1.54, 1.807) is 30.6 Å². The van der Waals surface area contributed by atoms with Crippen molar-refractivity contribution in [1.29, 1.82) is 0 Å². The van der Waals surface area contributed by atoms with Gasteiger partial charge in [0.05, 0.1) is 0 Å². The first kappa shape index (κ1) is 17.0. The Morgan fingerprint density at radius 1 is 1.07 bits per heavy atom. The molecule has 138 valence electrons. The van der Waals surface area contributed by atoms with Gasteiger partial charge in [0, 0.05) is 50.3 Å². The number of rotatable bonds is 4. The van der Waals surface area contributed by atoms with E-state index in [1.807, 2.05) is 30.0 Å². The summed E-state index contributed by atoms with van der Waals surface area (Å²) in [5.74, 6) is 2.18. The second-order valence-corrected chi connectivity index (χ2v) is 6.34. The number of anilines is 3. The summed E-state index contributed by atoms with van der Waals surface area (Å²) in [6.45, 7) is 4.59. The molecule has 1 fully saturated rings. The first-order valence-electron chi connectivity index (χ1n) is 8.81. The average Bonchev–Trinajstić information content (AvgIpc) is 3.13. The molecule has 1 aliphatic heterocycles. The van der Waals surface area contributed by atoms with Crippen LogP contribution in [0.5, 0.6) is 0 Å². The summed E-state index contributed by atoms with van der Waals surface area (Å²) in [5, 5.41) is 7.02. The highest BCUT2D eigenvalue weighted by Crippen LogP contribution is 2.18. The molecule has 0 aliphatic carbocycles. The standard InChI is InChI=1S/C19H20N6O2/c1-14-12-17(23-27-14)22-15-5-7-20-16(13-15)19(26)25-10-8-24(9-11-25)18-4-2-3-6-21-18/h2-7,12-13H,8-11H2,1H3,(H,20,22,23). The lowest BCUT2D eigenvalue weighted by Crippen LogP contribution is -2.49. The molecule has 1 saturated heterocycles. The third kappa shape index (κ3) is 3.89. The van der Waals surface area contributed by atoms with Gasteiger partial charge in [0.2, 0.25) is 0 Å². The molecule has 3 aromatic heterocycles. The molecule has 0 aromatic carbocycles. The molecule has 1 amide bonds. The molecule has 0 spiro atoms. The van der Waals surface area contributed by atoms with E-state index in [2.05, 4.69) is 25.3 Å². The van der Waals surface area contributed by atoms with Crippen LogP contribution in [-0.2, 0) is 0 Å². The number of amides is 1. The van der Waals surface area contributed by atoms with Gasteiger partial charge in [-0.3, -0.25) is 9.78 Å². The molecule has 0 bridgehead atoms. The Kier molecular flexibility index (Phi) is 4.69. The Hall–Kier alpha value is -3.42. The Morgan fingerprint density at radius 2 is 1.93 bits per heavy atom. The minimum absolute atomic E-state index is 0.0735. The summed E-state index contributed by atoms with van der Waals surface area (Å²) in [5.41, 5.74) is 1.15. The maximum absolute atomic E-state index is 12.8. The average molecular weight is 364 g/mol. The predicted molar refractivity (Wildman–Crippen MR) is 101 cm³/mol. The number of pyridine rings is 2. The topological polar surface area (TPSA) is 87.4 Å². The molecule has 8 heteroatoms. The number of piperazine rings is 1. The lowest BCUT2D eigenvalue weighted by molar-refractivity contribution is 0.0740. The third-order valence-electron chi connectivity index (χ3n) is 4.42. The summed E-state index contributed by atoms with van der Waals surface area (Å²) in [6.07, 6.45) is 3.40. The fourth-order valence-electron chi connectivity index (χ4n) is 3.04. The normalized spacial score (nSPS) is 14.3. The van der Waals surface area contributed by atoms with Crippen molar-refractivity contribution in [3.8, 4) is 0 Å². The molecule has 27 heavy (non-hydrogen) atoms. The van der Waals surface area contributed by atoms with E-state index < -0.39 is 0 Å². The molecule has 0 atom stereocenters. The van der Waals surface area contributed by atoms with Crippen LogP contribution in [0.2, 0.25) is 0 Å². The van der Waals surface area contributed by atoms with Crippen molar-refractivity contribution < 1.29 is 9.32 Å². The summed E-state index contributed by atoms with van der Waals surface area (Å²) >= 11 is 0. The fraction of sp³-hybridized carbons (Fsp3) is 0.263. The van der Waals surface area contributed by atoms with Gasteiger partial charge in [0.15, 0.2) is 5.82 Å². The number of hydrogen-bond donors (Lipinski definition) is 1. The largest absolute Gasteiger partial charge is 0.360 e. The highest BCUT2D eigenvalue weighted by molar-refractivity contribution is 5.93. The number of hydrogen-bond acceptors (Lipinski definition) is 7. The lowest BCUT2D eigenvalue weighted by atomic mass is 10.2. The summed E-state index contributed by atoms with van der Waals surface area (Å²) in [6, 6.07) is 11.2. The monoisotopic (exact) mass is 364 g/mol. The van der Waals surface area contributed by atoms with E-state index in [-0.39, 0.29) is 5.91 Å². The molecule has 4 rings (SSSR count). The highest BCUT2D eigenvalue weighted by atomic mass is 16.5. The van der Waals surface area contributed by atoms with Crippen molar-refractivity contribution in [2.75, 3.05) is 36.4 Å². The van der Waals surface area contributed by atoms with Gasteiger partial charge < -0.3 is 19.6 Å². The van der Waals surface area contributed by atoms with Crippen LogP contribution >= 0.6 is 0 Å². The van der Waals surface area contributed by atoms with Crippen LogP contribution in [0.15, 0.2) is 53.3 Å². The van der Waals surface area contributed by atoms with Crippen molar-refractivity contribution >= 4 is 23.2 Å². The van der Waals surface area contributed by atoms with Crippen LogP contribution in [0.4, 0.5) is 17.3 Å². The molecule has 0 saturated carbocycles. The van der Waals surface area contributed by atoms with E-state index in [0.29, 0.717) is 30.4 Å². The first-order chi connectivity index (χ1) is 13.2. The van der Waals surface area contributed by atoms with Gasteiger partial charge in [-0.25, -0.2) is 4.98 Å². The van der Waals surface area contributed by atoms with E-state index in [4.69, 9.17) is 4.52 Å². The second kappa shape index (κ2) is 7.45. The van der Waals surface area contributed by atoms with Crippen molar-refractivity contribution in [3.63, 3.8) is 0 Å². The van der Waals surface area contributed by atoms with E-state index in [0.717, 1.165) is 24.6 Å². The molecule has 3 aromatic rings. The number of aryl methyl sites for hydroxylation is 1. The van der Waals surface area contributed by atoms with Crippen LogP contribution in [0.1, 0.15) is 16.2 Å². The van der Waals surface area contributed by atoms with E-state index >= 15 is 0 Å². The molecule has 1 N–H and O–H groups in total. The first-order valence-corrected chi connectivity index (χ1v) is 8.81. The Morgan fingerprint density at radius 3 is 2.63 bits per heavy atom. The number of carbonyl (C=O) groups is 1. The number of nitrogens with zero attached hydrogens (tertiary/aromatic N) is 5. The highest BCUT2D eigenvalue weighted by Gasteiger charge is 2.23. The van der Waals surface area contributed by atoms with Crippen LogP contribution < -0.4 is 10.2 Å². The molecule has 4 heterocycles. The SMILES string of the molecule is Cc1cc(Nc2ccnc(C(=O)N3CCN(c4ccccn4)CC3)c2)no1. The minimum Gasteiger partial charge on any atom is -0.360 e. The zero-order chi connectivity index (χ0) is 18.6. The minimum atomic E-state index is -0.0735. The quantitative estimate of drug-likeness (QED) is 0.761. The molecular weight excluding hydrogens is 344 g/mol. The van der Waals surface area contributed by atoms with Gasteiger partial charge in [-0.1, -0.05) is 11.2 Å². The smallest absolute Gasteiger partial charge is 0.272 e.